The first-order valence-corrected chi connectivity index (χ1v) is 7.57. The van der Waals surface area contributed by atoms with E-state index in [-0.39, 0.29) is 6.42 Å². The Morgan fingerprint density at radius 2 is 1.92 bits per heavy atom. The van der Waals surface area contributed by atoms with Crippen molar-refractivity contribution in [2.75, 3.05) is 12.4 Å². The number of hydrogen-bond donors (Lipinski definition) is 2. The average molecular weight is 338 g/mol. The topological polar surface area (TPSA) is 99.4 Å². The van der Waals surface area contributed by atoms with Crippen molar-refractivity contribution in [2.24, 2.45) is 0 Å². The van der Waals surface area contributed by atoms with E-state index in [1.165, 1.54) is 20.1 Å². The number of carboxylic acid groups (broad SMARTS) is 1. The maximum atomic E-state index is 12.5. The summed E-state index contributed by atoms with van der Waals surface area (Å²) in [4.78, 5) is 24.2. The fraction of sp³-hybridized carbons (Fsp3) is 0.211. The van der Waals surface area contributed by atoms with Crippen LogP contribution in [-0.2, 0) is 15.0 Å². The van der Waals surface area contributed by atoms with Crippen LogP contribution in [0.3, 0.4) is 0 Å². The molecule has 1 amide bonds. The van der Waals surface area contributed by atoms with Crippen LogP contribution < -0.4 is 10.1 Å². The van der Waals surface area contributed by atoms with Crippen molar-refractivity contribution in [1.82, 2.24) is 0 Å². The predicted molar refractivity (Wildman–Crippen MR) is 92.4 cm³/mol. The van der Waals surface area contributed by atoms with Gasteiger partial charge < -0.3 is 15.2 Å². The van der Waals surface area contributed by atoms with Crippen LogP contribution in [0.4, 0.5) is 5.69 Å². The van der Waals surface area contributed by atoms with Crippen LogP contribution >= 0.6 is 0 Å². The molecule has 2 aromatic rings. The number of nitrogens with one attached hydrogen (secondary N) is 1. The van der Waals surface area contributed by atoms with E-state index in [0.29, 0.717) is 22.6 Å². The molecule has 2 N–H and O–H groups in total. The van der Waals surface area contributed by atoms with Crippen LogP contribution in [-0.4, -0.2) is 24.1 Å². The number of hydrogen-bond acceptors (Lipinski definition) is 4. The Kier molecular flexibility index (Phi) is 5.40. The molecule has 0 aliphatic rings. The highest BCUT2D eigenvalue weighted by molar-refractivity contribution is 5.97. The minimum Gasteiger partial charge on any atom is -0.495 e. The van der Waals surface area contributed by atoms with Crippen molar-refractivity contribution in [3.63, 3.8) is 0 Å². The molecule has 1 atom stereocenters. The largest absolute Gasteiger partial charge is 0.495 e. The highest BCUT2D eigenvalue weighted by atomic mass is 16.5. The molecule has 0 aromatic heterocycles. The molecular weight excluding hydrogens is 320 g/mol. The van der Waals surface area contributed by atoms with Crippen LogP contribution in [0.15, 0.2) is 48.5 Å². The summed E-state index contributed by atoms with van der Waals surface area (Å²) >= 11 is 0. The molecule has 2 rings (SSSR count). The van der Waals surface area contributed by atoms with Gasteiger partial charge in [0.05, 0.1) is 29.8 Å². The molecule has 6 nitrogen and oxygen atoms in total. The number of carboxylic acids is 1. The number of nitrogens with zero attached hydrogens (tertiary/aromatic N) is 1. The number of rotatable bonds is 6. The molecular formula is C19H18N2O4. The molecule has 2 aromatic carbocycles. The minimum absolute atomic E-state index is 0.258. The number of carbonyl (C=O) groups is 2. The number of nitriles is 1. The molecule has 0 aliphatic carbocycles. The lowest BCUT2D eigenvalue weighted by Crippen LogP contribution is -2.36. The molecule has 0 unspecified atom stereocenters. The van der Waals surface area contributed by atoms with Gasteiger partial charge in [-0.2, -0.15) is 5.26 Å². The Labute approximate surface area is 145 Å². The van der Waals surface area contributed by atoms with Gasteiger partial charge in [-0.15, -0.1) is 0 Å². The van der Waals surface area contributed by atoms with Crippen molar-refractivity contribution < 1.29 is 19.4 Å². The number of carbonyl (C=O) groups excluding carboxylic acids is 1. The van der Waals surface area contributed by atoms with E-state index < -0.39 is 17.3 Å². The Balaban J connectivity index is 2.27. The van der Waals surface area contributed by atoms with Crippen molar-refractivity contribution in [1.29, 1.82) is 5.26 Å². The predicted octanol–water partition coefficient (Wildman–Crippen LogP) is 2.94. The number of ether oxygens (including phenoxy) is 1. The summed E-state index contributed by atoms with van der Waals surface area (Å²) < 4.78 is 5.17. The highest BCUT2D eigenvalue weighted by Crippen LogP contribution is 2.30. The maximum Gasteiger partial charge on any atom is 0.314 e. The van der Waals surface area contributed by atoms with E-state index in [4.69, 9.17) is 10.00 Å². The SMILES string of the molecule is COc1ccc(C#N)cc1NC(=O)C[C@](C)(C(=O)O)c1ccccc1. The molecule has 0 radical (unpaired) electrons. The average Bonchev–Trinajstić information content (AvgIpc) is 2.62. The van der Waals surface area contributed by atoms with E-state index in [0.717, 1.165) is 0 Å². The Morgan fingerprint density at radius 3 is 2.48 bits per heavy atom. The number of aliphatic carboxylic acids is 1. The summed E-state index contributed by atoms with van der Waals surface area (Å²) in [5, 5.41) is 21.3. The fourth-order valence-corrected chi connectivity index (χ4v) is 2.50. The van der Waals surface area contributed by atoms with Crippen molar-refractivity contribution >= 4 is 17.6 Å². The Morgan fingerprint density at radius 1 is 1.24 bits per heavy atom. The van der Waals surface area contributed by atoms with Gasteiger partial charge in [-0.3, -0.25) is 9.59 Å². The van der Waals surface area contributed by atoms with Crippen LogP contribution in [0.1, 0.15) is 24.5 Å². The quantitative estimate of drug-likeness (QED) is 0.843. The Hall–Kier alpha value is -3.33. The van der Waals surface area contributed by atoms with E-state index in [9.17, 15) is 14.7 Å². The second kappa shape index (κ2) is 7.49. The lowest BCUT2D eigenvalue weighted by Gasteiger charge is -2.25. The molecule has 0 spiro atoms. The molecule has 0 bridgehead atoms. The first-order chi connectivity index (χ1) is 11.9. The molecule has 0 saturated carbocycles. The van der Waals surface area contributed by atoms with E-state index in [1.807, 2.05) is 6.07 Å². The monoisotopic (exact) mass is 338 g/mol. The van der Waals surface area contributed by atoms with Crippen LogP contribution in [0.2, 0.25) is 0 Å². The van der Waals surface area contributed by atoms with Gasteiger partial charge in [-0.1, -0.05) is 30.3 Å². The van der Waals surface area contributed by atoms with Gasteiger partial charge in [-0.05, 0) is 30.7 Å². The van der Waals surface area contributed by atoms with Gasteiger partial charge in [0, 0.05) is 6.42 Å². The third-order valence-corrected chi connectivity index (χ3v) is 4.00. The van der Waals surface area contributed by atoms with E-state index in [2.05, 4.69) is 5.32 Å². The lowest BCUT2D eigenvalue weighted by molar-refractivity contribution is -0.145. The first-order valence-electron chi connectivity index (χ1n) is 7.57. The third kappa shape index (κ3) is 3.96. The maximum absolute atomic E-state index is 12.5. The summed E-state index contributed by atoms with van der Waals surface area (Å²) in [6.45, 7) is 1.51. The molecule has 6 heteroatoms. The van der Waals surface area contributed by atoms with Crippen LogP contribution in [0, 0.1) is 11.3 Å². The summed E-state index contributed by atoms with van der Waals surface area (Å²) in [5.74, 6) is -1.18. The second-order valence-corrected chi connectivity index (χ2v) is 5.76. The zero-order chi connectivity index (χ0) is 18.4. The van der Waals surface area contributed by atoms with Gasteiger partial charge in [0.25, 0.3) is 0 Å². The number of amides is 1. The van der Waals surface area contributed by atoms with Gasteiger partial charge >= 0.3 is 5.97 Å². The molecule has 0 fully saturated rings. The molecule has 25 heavy (non-hydrogen) atoms. The van der Waals surface area contributed by atoms with Crippen LogP contribution in [0.25, 0.3) is 0 Å². The molecule has 0 heterocycles. The van der Waals surface area contributed by atoms with Gasteiger partial charge in [0.1, 0.15) is 5.75 Å². The molecule has 0 aliphatic heterocycles. The fourth-order valence-electron chi connectivity index (χ4n) is 2.50. The number of anilines is 1. The van der Waals surface area contributed by atoms with Crippen molar-refractivity contribution in [2.45, 2.75) is 18.8 Å². The molecule has 128 valence electrons. The van der Waals surface area contributed by atoms with Gasteiger partial charge in [0.2, 0.25) is 5.91 Å². The number of methoxy groups -OCH3 is 1. The zero-order valence-corrected chi connectivity index (χ0v) is 13.9. The van der Waals surface area contributed by atoms with E-state index >= 15 is 0 Å². The number of benzene rings is 2. The van der Waals surface area contributed by atoms with Crippen molar-refractivity contribution in [3.8, 4) is 11.8 Å². The normalized spacial score (nSPS) is 12.5. The Bertz CT molecular complexity index is 827. The third-order valence-electron chi connectivity index (χ3n) is 4.00. The summed E-state index contributed by atoms with van der Waals surface area (Å²) in [6, 6.07) is 15.2. The first kappa shape index (κ1) is 18.0. The van der Waals surface area contributed by atoms with Crippen molar-refractivity contribution in [3.05, 3.63) is 59.7 Å². The smallest absolute Gasteiger partial charge is 0.314 e. The lowest BCUT2D eigenvalue weighted by atomic mass is 9.79. The second-order valence-electron chi connectivity index (χ2n) is 5.76. The highest BCUT2D eigenvalue weighted by Gasteiger charge is 2.37. The summed E-state index contributed by atoms with van der Waals surface area (Å²) in [5.41, 5.74) is -0.145. The van der Waals surface area contributed by atoms with Gasteiger partial charge in [0.15, 0.2) is 0 Å². The summed E-state index contributed by atoms with van der Waals surface area (Å²) in [6.07, 6.45) is -0.258. The summed E-state index contributed by atoms with van der Waals surface area (Å²) in [7, 11) is 1.45. The minimum atomic E-state index is -1.37. The standard InChI is InChI=1S/C19H18N2O4/c1-19(18(23)24,14-6-4-3-5-7-14)11-17(22)21-15-10-13(12-20)8-9-16(15)25-2/h3-10H,11H2,1-2H3,(H,21,22)(H,23,24)/t19-/m0/s1. The van der Waals surface area contributed by atoms with E-state index in [1.54, 1.807) is 42.5 Å². The van der Waals surface area contributed by atoms with Gasteiger partial charge in [-0.25, -0.2) is 0 Å². The van der Waals surface area contributed by atoms with Crippen LogP contribution in [0.5, 0.6) is 5.75 Å². The zero-order valence-electron chi connectivity index (χ0n) is 13.9. The molecule has 0 saturated heterocycles.